The second-order valence-corrected chi connectivity index (χ2v) is 6.80. The summed E-state index contributed by atoms with van der Waals surface area (Å²) in [5.74, 6) is -0.125. The summed E-state index contributed by atoms with van der Waals surface area (Å²) in [4.78, 5) is 24.0. The molecule has 2 heterocycles. The number of nitrogens with zero attached hydrogens (tertiary/aromatic N) is 3. The maximum Gasteiger partial charge on any atom is 0.529 e. The fourth-order valence-corrected chi connectivity index (χ4v) is 3.31. The number of hydrogen-bond donors (Lipinski definition) is 2. The van der Waals surface area contributed by atoms with Gasteiger partial charge in [-0.2, -0.15) is 0 Å². The Labute approximate surface area is 155 Å². The van der Waals surface area contributed by atoms with Crippen LogP contribution in [0.1, 0.15) is 16.8 Å². The predicted molar refractivity (Wildman–Crippen MR) is 103 cm³/mol. The zero-order chi connectivity index (χ0) is 18.5. The highest BCUT2D eigenvalue weighted by Gasteiger charge is 2.10. The van der Waals surface area contributed by atoms with Crippen molar-refractivity contribution >= 4 is 28.9 Å². The predicted octanol–water partition coefficient (Wildman–Crippen LogP) is 2.30. The van der Waals surface area contributed by atoms with Crippen molar-refractivity contribution in [2.45, 2.75) is 20.4 Å². The number of hydrogen-bond acceptors (Lipinski definition) is 7. The first kappa shape index (κ1) is 18.0. The third-order valence-electron chi connectivity index (χ3n) is 3.50. The number of aryl methyl sites for hydroxylation is 2. The molecule has 0 spiro atoms. The monoisotopic (exact) mass is 370 g/mol. The van der Waals surface area contributed by atoms with Crippen molar-refractivity contribution < 1.29 is 9.90 Å². The summed E-state index contributed by atoms with van der Waals surface area (Å²) in [7, 11) is 0. The first-order valence-corrected chi connectivity index (χ1v) is 8.96. The highest BCUT2D eigenvalue weighted by atomic mass is 32.1. The van der Waals surface area contributed by atoms with Crippen molar-refractivity contribution in [1.82, 2.24) is 20.3 Å². The Morgan fingerprint density at radius 1 is 1.19 bits per heavy atom. The Bertz CT molecular complexity index is 905. The van der Waals surface area contributed by atoms with Gasteiger partial charge in [-0.3, -0.25) is 5.32 Å². The fraction of sp³-hybridized carbons (Fsp3) is 0.222. The van der Waals surface area contributed by atoms with Gasteiger partial charge in [-0.25, -0.2) is 15.0 Å². The van der Waals surface area contributed by atoms with Crippen LogP contribution in [0.4, 0.5) is 11.6 Å². The van der Waals surface area contributed by atoms with Crippen LogP contribution in [-0.4, -0.2) is 32.6 Å². The summed E-state index contributed by atoms with van der Waals surface area (Å²) in [6, 6.07) is 8.02. The number of benzene rings is 1. The molecule has 1 aromatic carbocycles. The molecule has 0 aliphatic rings. The van der Waals surface area contributed by atoms with Gasteiger partial charge in [0.05, 0.1) is 5.69 Å². The molecule has 26 heavy (non-hydrogen) atoms. The van der Waals surface area contributed by atoms with Gasteiger partial charge in [0.1, 0.15) is 10.7 Å². The fourth-order valence-electron chi connectivity index (χ4n) is 2.52. The Balaban J connectivity index is 1.73. The summed E-state index contributed by atoms with van der Waals surface area (Å²) < 4.78 is 0. The lowest BCUT2D eigenvalue weighted by Gasteiger charge is -2.07. The van der Waals surface area contributed by atoms with E-state index >= 15 is 0 Å². The van der Waals surface area contributed by atoms with Crippen LogP contribution in [0.15, 0.2) is 35.8 Å². The minimum absolute atomic E-state index is 0.0182. The SMILES string of the molecule is Cc1cc(C)cc(Nc2nccc(-c3nc(CNCC(=O)[OH2+])cs3)n2)c1. The lowest BCUT2D eigenvalue weighted by Crippen LogP contribution is -2.21. The number of aromatic nitrogens is 3. The van der Waals surface area contributed by atoms with Gasteiger partial charge in [-0.05, 0) is 43.2 Å². The molecule has 3 rings (SSSR count). The van der Waals surface area contributed by atoms with E-state index in [1.54, 1.807) is 6.20 Å². The molecule has 0 amide bonds. The highest BCUT2D eigenvalue weighted by molar-refractivity contribution is 7.13. The Hall–Kier alpha value is -2.84. The van der Waals surface area contributed by atoms with Crippen molar-refractivity contribution in [2.24, 2.45) is 0 Å². The van der Waals surface area contributed by atoms with Crippen LogP contribution in [0.2, 0.25) is 0 Å². The van der Waals surface area contributed by atoms with Gasteiger partial charge in [-0.1, -0.05) is 6.07 Å². The summed E-state index contributed by atoms with van der Waals surface area (Å²) in [6.07, 6.45) is 1.70. The minimum Gasteiger partial charge on any atom is -0.564 e. The van der Waals surface area contributed by atoms with Crippen molar-refractivity contribution in [3.05, 3.63) is 52.7 Å². The average molecular weight is 370 g/mol. The molecular formula is C18H20N5O2S+. The van der Waals surface area contributed by atoms with E-state index in [1.807, 2.05) is 23.6 Å². The quantitative estimate of drug-likeness (QED) is 0.619. The van der Waals surface area contributed by atoms with Gasteiger partial charge < -0.3 is 10.4 Å². The Kier molecular flexibility index (Phi) is 5.55. The van der Waals surface area contributed by atoms with Crippen LogP contribution in [0.3, 0.4) is 0 Å². The summed E-state index contributed by atoms with van der Waals surface area (Å²) in [5.41, 5.74) is 4.84. The largest absolute Gasteiger partial charge is 0.564 e. The molecule has 0 fully saturated rings. The van der Waals surface area contributed by atoms with E-state index in [-0.39, 0.29) is 6.54 Å². The zero-order valence-corrected chi connectivity index (χ0v) is 15.4. The average Bonchev–Trinajstić information content (AvgIpc) is 3.03. The van der Waals surface area contributed by atoms with E-state index in [0.29, 0.717) is 12.5 Å². The normalized spacial score (nSPS) is 10.7. The number of carbonyl (C=O) groups excluding carboxylic acids is 1. The molecule has 0 aliphatic carbocycles. The number of thiazole rings is 1. The van der Waals surface area contributed by atoms with E-state index in [0.717, 1.165) is 22.1 Å². The molecular weight excluding hydrogens is 350 g/mol. The topological polar surface area (TPSA) is 103 Å². The lowest BCUT2D eigenvalue weighted by molar-refractivity contribution is -0.135. The number of anilines is 2. The maximum absolute atomic E-state index is 10.7. The molecule has 7 nitrogen and oxygen atoms in total. The van der Waals surface area contributed by atoms with E-state index in [4.69, 9.17) is 5.11 Å². The van der Waals surface area contributed by atoms with Crippen LogP contribution >= 0.6 is 11.3 Å². The van der Waals surface area contributed by atoms with E-state index in [2.05, 4.69) is 45.5 Å². The third-order valence-corrected chi connectivity index (χ3v) is 4.41. The molecule has 8 heteroatoms. The Morgan fingerprint density at radius 3 is 2.69 bits per heavy atom. The second kappa shape index (κ2) is 8.03. The molecule has 0 saturated heterocycles. The molecule has 0 aliphatic heterocycles. The minimum atomic E-state index is -0.640. The summed E-state index contributed by atoms with van der Waals surface area (Å²) in [6.45, 7) is 4.56. The van der Waals surface area contributed by atoms with Crippen LogP contribution in [-0.2, 0) is 11.3 Å². The van der Waals surface area contributed by atoms with Crippen LogP contribution in [0, 0.1) is 13.8 Å². The number of carbonyl (C=O) groups is 1. The molecule has 134 valence electrons. The van der Waals surface area contributed by atoms with Crippen LogP contribution < -0.4 is 10.6 Å². The number of rotatable bonds is 7. The van der Waals surface area contributed by atoms with E-state index in [1.165, 1.54) is 22.5 Å². The van der Waals surface area contributed by atoms with Gasteiger partial charge in [-0.15, -0.1) is 11.3 Å². The van der Waals surface area contributed by atoms with Crippen molar-refractivity contribution in [3.8, 4) is 10.7 Å². The lowest BCUT2D eigenvalue weighted by atomic mass is 10.1. The van der Waals surface area contributed by atoms with Gasteiger partial charge in [0.25, 0.3) is 0 Å². The molecule has 4 N–H and O–H groups in total. The summed E-state index contributed by atoms with van der Waals surface area (Å²) >= 11 is 1.48. The standard InChI is InChI=1S/C18H19N5O2S/c1-11-5-12(2)7-13(6-11)22-18-20-4-3-15(23-18)17-21-14(10-26-17)8-19-9-16(24)25/h3-7,10,19H,8-9H2,1-2H3,(H,24,25)(H,20,22,23)/p+1. The summed E-state index contributed by atoms with van der Waals surface area (Å²) in [5, 5.41) is 15.7. The molecule has 3 aromatic rings. The number of nitrogens with one attached hydrogen (secondary N) is 2. The molecule has 2 aromatic heterocycles. The molecule has 0 unspecified atom stereocenters. The molecule has 0 bridgehead atoms. The van der Waals surface area contributed by atoms with Gasteiger partial charge in [0.15, 0.2) is 6.54 Å². The van der Waals surface area contributed by atoms with Crippen LogP contribution in [0.25, 0.3) is 10.7 Å². The highest BCUT2D eigenvalue weighted by Crippen LogP contribution is 2.24. The van der Waals surface area contributed by atoms with Crippen molar-refractivity contribution in [2.75, 3.05) is 11.9 Å². The van der Waals surface area contributed by atoms with Crippen molar-refractivity contribution in [3.63, 3.8) is 0 Å². The molecule has 0 radical (unpaired) electrons. The van der Waals surface area contributed by atoms with Crippen molar-refractivity contribution in [1.29, 1.82) is 0 Å². The first-order chi connectivity index (χ1) is 12.5. The maximum atomic E-state index is 10.7. The van der Waals surface area contributed by atoms with E-state index < -0.39 is 5.97 Å². The van der Waals surface area contributed by atoms with Gasteiger partial charge >= 0.3 is 5.97 Å². The first-order valence-electron chi connectivity index (χ1n) is 8.08. The van der Waals surface area contributed by atoms with Gasteiger partial charge in [0.2, 0.25) is 5.95 Å². The third kappa shape index (κ3) is 4.84. The smallest absolute Gasteiger partial charge is 0.529 e. The van der Waals surface area contributed by atoms with Gasteiger partial charge in [0, 0.05) is 28.6 Å². The zero-order valence-electron chi connectivity index (χ0n) is 14.5. The molecule has 0 saturated carbocycles. The van der Waals surface area contributed by atoms with Crippen LogP contribution in [0.5, 0.6) is 0 Å². The second-order valence-electron chi connectivity index (χ2n) is 5.94. The van der Waals surface area contributed by atoms with E-state index in [9.17, 15) is 4.79 Å². The Morgan fingerprint density at radius 2 is 1.96 bits per heavy atom. The molecule has 0 atom stereocenters.